The third-order valence-electron chi connectivity index (χ3n) is 4.76. The number of nitrogens with zero attached hydrogens (tertiary/aromatic N) is 2. The van der Waals surface area contributed by atoms with E-state index >= 15 is 0 Å². The number of methoxy groups -OCH3 is 1. The van der Waals surface area contributed by atoms with Crippen LogP contribution < -0.4 is 9.64 Å². The first-order valence-electron chi connectivity index (χ1n) is 8.81. The Morgan fingerprint density at radius 2 is 1.81 bits per heavy atom. The molecule has 1 aliphatic rings. The number of amides is 1. The Labute approximate surface area is 154 Å². The summed E-state index contributed by atoms with van der Waals surface area (Å²) in [5.74, 6) is 0.782. The van der Waals surface area contributed by atoms with Gasteiger partial charge >= 0.3 is 0 Å². The van der Waals surface area contributed by atoms with Crippen LogP contribution in [0.2, 0.25) is 0 Å². The van der Waals surface area contributed by atoms with Crippen molar-refractivity contribution in [2.45, 2.75) is 26.4 Å². The third-order valence-corrected chi connectivity index (χ3v) is 4.76. The normalized spacial score (nSPS) is 20.2. The lowest BCUT2D eigenvalue weighted by atomic mass is 9.79. The second kappa shape index (κ2) is 7.60. The van der Waals surface area contributed by atoms with Crippen LogP contribution in [0.3, 0.4) is 0 Å². The number of anilines is 1. The molecule has 0 aromatic heterocycles. The molecule has 2 aromatic carbocycles. The molecule has 0 bridgehead atoms. The highest BCUT2D eigenvalue weighted by atomic mass is 16.5. The molecule has 0 saturated carbocycles. The molecule has 0 aliphatic carbocycles. The Balaban J connectivity index is 1.84. The predicted molar refractivity (Wildman–Crippen MR) is 102 cm³/mol. The van der Waals surface area contributed by atoms with Crippen LogP contribution in [-0.2, 0) is 11.3 Å². The number of hydrogen-bond donors (Lipinski definition) is 0. The predicted octanol–water partition coefficient (Wildman–Crippen LogP) is 3.46. The van der Waals surface area contributed by atoms with Gasteiger partial charge in [0.25, 0.3) is 0 Å². The van der Waals surface area contributed by atoms with Gasteiger partial charge in [-0.15, -0.1) is 0 Å². The topological polar surface area (TPSA) is 55.6 Å². The maximum absolute atomic E-state index is 12.7. The molecule has 26 heavy (non-hydrogen) atoms. The molecule has 1 fully saturated rings. The molecule has 1 heterocycles. The van der Waals surface area contributed by atoms with Gasteiger partial charge in [-0.25, -0.2) is 4.74 Å². The van der Waals surface area contributed by atoms with Gasteiger partial charge in [-0.3, -0.25) is 9.69 Å². The number of hydrogen-bond acceptors (Lipinski definition) is 3. The first-order valence-corrected chi connectivity index (χ1v) is 8.81. The van der Waals surface area contributed by atoms with Crippen LogP contribution in [0.25, 0.3) is 0 Å². The summed E-state index contributed by atoms with van der Waals surface area (Å²) in [6.07, 6.45) is 1.63. The van der Waals surface area contributed by atoms with E-state index in [-0.39, 0.29) is 30.3 Å². The van der Waals surface area contributed by atoms with Crippen LogP contribution in [0, 0.1) is 17.0 Å². The van der Waals surface area contributed by atoms with Crippen molar-refractivity contribution in [3.05, 3.63) is 65.4 Å². The minimum atomic E-state index is -0.239. The van der Waals surface area contributed by atoms with Crippen molar-refractivity contribution in [2.75, 3.05) is 12.0 Å². The second-order valence-corrected chi connectivity index (χ2v) is 6.88. The molecule has 136 valence electrons. The molecule has 3 rings (SSSR count). The molecule has 1 amide bonds. The number of ether oxygens (including phenoxy) is 1. The van der Waals surface area contributed by atoms with E-state index in [0.717, 1.165) is 21.7 Å². The number of benzene rings is 2. The summed E-state index contributed by atoms with van der Waals surface area (Å²) >= 11 is 0. The van der Waals surface area contributed by atoms with E-state index in [4.69, 9.17) is 4.74 Å². The zero-order valence-corrected chi connectivity index (χ0v) is 15.3. The second-order valence-electron chi connectivity index (χ2n) is 6.88. The molecule has 0 unspecified atom stereocenters. The number of carbonyl (C=O) groups excluding carboxylic acids is 1. The summed E-state index contributed by atoms with van der Waals surface area (Å²) in [7, 11) is 1.61. The summed E-state index contributed by atoms with van der Waals surface area (Å²) in [5.41, 5.74) is 1.73. The zero-order valence-electron chi connectivity index (χ0n) is 15.3. The fourth-order valence-corrected chi connectivity index (χ4v) is 3.40. The van der Waals surface area contributed by atoms with Crippen molar-refractivity contribution < 1.29 is 14.3 Å². The van der Waals surface area contributed by atoms with Gasteiger partial charge in [0, 0.05) is 11.3 Å². The van der Waals surface area contributed by atoms with Crippen molar-refractivity contribution in [3.63, 3.8) is 0 Å². The lowest BCUT2D eigenvalue weighted by molar-refractivity contribution is -0.471. The average Bonchev–Trinajstić information content (AvgIpc) is 2.62. The Kier molecular flexibility index (Phi) is 5.26. The fourth-order valence-electron chi connectivity index (χ4n) is 3.40. The highest BCUT2D eigenvalue weighted by molar-refractivity contribution is 6.08. The maximum Gasteiger partial charge on any atom is 0.233 e. The van der Waals surface area contributed by atoms with Gasteiger partial charge in [0.15, 0.2) is 12.8 Å². The lowest BCUT2D eigenvalue weighted by Crippen LogP contribution is -2.64. The monoisotopic (exact) mass is 352 g/mol. The summed E-state index contributed by atoms with van der Waals surface area (Å²) in [4.78, 5) is 14.4. The van der Waals surface area contributed by atoms with Crippen LogP contribution >= 0.6 is 0 Å². The number of hydroxylamine groups is 1. The lowest BCUT2D eigenvalue weighted by Gasteiger charge is -2.46. The van der Waals surface area contributed by atoms with Crippen molar-refractivity contribution in [1.29, 1.82) is 0 Å². The Morgan fingerprint density at radius 1 is 1.15 bits per heavy atom. The minimum absolute atomic E-state index is 0.0551. The summed E-state index contributed by atoms with van der Waals surface area (Å²) in [6, 6.07) is 16.7. The van der Waals surface area contributed by atoms with Gasteiger partial charge in [0.05, 0.1) is 13.0 Å². The van der Waals surface area contributed by atoms with E-state index in [1.54, 1.807) is 18.2 Å². The minimum Gasteiger partial charge on any atom is -0.624 e. The molecule has 5 nitrogen and oxygen atoms in total. The van der Waals surface area contributed by atoms with Crippen LogP contribution in [0.15, 0.2) is 54.6 Å². The molecule has 0 spiro atoms. The van der Waals surface area contributed by atoms with E-state index in [2.05, 4.69) is 0 Å². The fraction of sp³-hybridized carbons (Fsp3) is 0.333. The van der Waals surface area contributed by atoms with Crippen molar-refractivity contribution in [3.8, 4) is 5.75 Å². The maximum atomic E-state index is 12.7. The van der Waals surface area contributed by atoms with Gasteiger partial charge < -0.3 is 9.94 Å². The van der Waals surface area contributed by atoms with Crippen molar-refractivity contribution >= 4 is 17.8 Å². The van der Waals surface area contributed by atoms with E-state index < -0.39 is 0 Å². The first kappa shape index (κ1) is 18.0. The largest absolute Gasteiger partial charge is 0.624 e. The van der Waals surface area contributed by atoms with Gasteiger partial charge in [-0.1, -0.05) is 44.2 Å². The third kappa shape index (κ3) is 3.57. The zero-order chi connectivity index (χ0) is 18.7. The Bertz CT molecular complexity index is 785. The van der Waals surface area contributed by atoms with Crippen LogP contribution in [-0.4, -0.2) is 30.0 Å². The summed E-state index contributed by atoms with van der Waals surface area (Å²) in [6.45, 7) is 4.30. The molecule has 1 saturated heterocycles. The van der Waals surface area contributed by atoms with Gasteiger partial charge in [-0.05, 0) is 30.2 Å². The quantitative estimate of drug-likeness (QED) is 0.263. The van der Waals surface area contributed by atoms with E-state index in [1.165, 1.54) is 0 Å². The summed E-state index contributed by atoms with van der Waals surface area (Å²) in [5, 5.41) is 12.5. The van der Waals surface area contributed by atoms with Crippen LogP contribution in [0.1, 0.15) is 19.4 Å². The van der Waals surface area contributed by atoms with E-state index in [0.29, 0.717) is 0 Å². The Hall–Kier alpha value is -2.82. The van der Waals surface area contributed by atoms with Gasteiger partial charge in [0.2, 0.25) is 5.91 Å². The standard InChI is InChI=1S/C21H24N2O3/c1-15(2)20-19(14-22(25)13-16-7-5-4-6-8-16)23(21(20)24)17-9-11-18(26-3)12-10-17/h4-12,14-15,19-20H,13H2,1-3H3/b22-14-/t19-,20+/m1/s1. The number of carbonyl (C=O) groups is 1. The van der Waals surface area contributed by atoms with E-state index in [9.17, 15) is 10.0 Å². The average molecular weight is 352 g/mol. The highest BCUT2D eigenvalue weighted by Gasteiger charge is 2.50. The smallest absolute Gasteiger partial charge is 0.233 e. The summed E-state index contributed by atoms with van der Waals surface area (Å²) < 4.78 is 6.10. The van der Waals surface area contributed by atoms with Crippen LogP contribution in [0.5, 0.6) is 5.75 Å². The molecule has 0 radical (unpaired) electrons. The number of rotatable bonds is 6. The highest BCUT2D eigenvalue weighted by Crippen LogP contribution is 2.36. The molecular weight excluding hydrogens is 328 g/mol. The molecule has 0 N–H and O–H groups in total. The van der Waals surface area contributed by atoms with E-state index in [1.807, 2.05) is 68.4 Å². The van der Waals surface area contributed by atoms with Crippen LogP contribution in [0.4, 0.5) is 5.69 Å². The molecule has 1 aliphatic heterocycles. The SMILES string of the molecule is COc1ccc(N2C(=O)[C@@H](C(C)C)[C@H]2/C=[N+](\[O-])Cc2ccccc2)cc1. The number of β-lactam (4-membered cyclic amide) rings is 1. The molecular formula is C21H24N2O3. The van der Waals surface area contributed by atoms with Crippen molar-refractivity contribution in [1.82, 2.24) is 0 Å². The van der Waals surface area contributed by atoms with Gasteiger partial charge in [-0.2, -0.15) is 0 Å². The molecule has 2 aromatic rings. The van der Waals surface area contributed by atoms with Gasteiger partial charge in [0.1, 0.15) is 11.8 Å². The Morgan fingerprint density at radius 3 is 2.38 bits per heavy atom. The first-order chi connectivity index (χ1) is 12.5. The molecule has 5 heteroatoms. The van der Waals surface area contributed by atoms with Crippen molar-refractivity contribution in [2.24, 2.45) is 11.8 Å². The molecule has 2 atom stereocenters.